The Labute approximate surface area is 115 Å². The highest BCUT2D eigenvalue weighted by Gasteiger charge is 2.12. The third-order valence-electron chi connectivity index (χ3n) is 2.82. The molecule has 0 bridgehead atoms. The lowest BCUT2D eigenvalue weighted by molar-refractivity contribution is 0.101. The van der Waals surface area contributed by atoms with Gasteiger partial charge in [0.05, 0.1) is 11.1 Å². The largest absolute Gasteiger partial charge is 0.488 e. The van der Waals surface area contributed by atoms with Gasteiger partial charge >= 0.3 is 0 Å². The number of halogens is 2. The molecule has 0 unspecified atom stereocenters. The molecule has 0 heterocycles. The Bertz CT molecular complexity index is 636. The summed E-state index contributed by atoms with van der Waals surface area (Å²) in [5.74, 6) is -1.37. The molecule has 5 heteroatoms. The van der Waals surface area contributed by atoms with E-state index in [1.54, 1.807) is 6.07 Å². The van der Waals surface area contributed by atoms with Gasteiger partial charge in [-0.15, -0.1) is 0 Å². The number of carbonyl (C=O) groups is 1. The number of rotatable bonds is 4. The van der Waals surface area contributed by atoms with Gasteiger partial charge in [-0.3, -0.25) is 4.79 Å². The SMILES string of the molecule is CC(=O)c1cc(N)ccc1OCc1c(F)cccc1F. The highest BCUT2D eigenvalue weighted by Crippen LogP contribution is 2.24. The predicted molar refractivity (Wildman–Crippen MR) is 71.5 cm³/mol. The van der Waals surface area contributed by atoms with Gasteiger partial charge in [0.15, 0.2) is 5.78 Å². The number of anilines is 1. The van der Waals surface area contributed by atoms with Crippen molar-refractivity contribution in [3.8, 4) is 5.75 Å². The second kappa shape index (κ2) is 5.69. The minimum atomic E-state index is -0.690. The molecule has 0 saturated carbocycles. The monoisotopic (exact) mass is 277 g/mol. The lowest BCUT2D eigenvalue weighted by Crippen LogP contribution is -2.05. The van der Waals surface area contributed by atoms with E-state index in [0.29, 0.717) is 5.69 Å². The lowest BCUT2D eigenvalue weighted by Gasteiger charge is -2.11. The van der Waals surface area contributed by atoms with Crippen molar-refractivity contribution in [2.75, 3.05) is 5.73 Å². The fraction of sp³-hybridized carbons (Fsp3) is 0.133. The highest BCUT2D eigenvalue weighted by atomic mass is 19.1. The van der Waals surface area contributed by atoms with Crippen LogP contribution in [0.25, 0.3) is 0 Å². The molecule has 0 aliphatic heterocycles. The van der Waals surface area contributed by atoms with Crippen LogP contribution >= 0.6 is 0 Å². The van der Waals surface area contributed by atoms with E-state index < -0.39 is 11.6 Å². The number of benzene rings is 2. The van der Waals surface area contributed by atoms with Crippen LogP contribution in [-0.2, 0) is 6.61 Å². The third-order valence-corrected chi connectivity index (χ3v) is 2.82. The van der Waals surface area contributed by atoms with Gasteiger partial charge in [-0.05, 0) is 37.3 Å². The molecule has 3 nitrogen and oxygen atoms in total. The average molecular weight is 277 g/mol. The number of hydrogen-bond acceptors (Lipinski definition) is 3. The first kappa shape index (κ1) is 14.0. The van der Waals surface area contributed by atoms with Gasteiger partial charge < -0.3 is 10.5 Å². The quantitative estimate of drug-likeness (QED) is 0.689. The molecule has 2 rings (SSSR count). The molecular weight excluding hydrogens is 264 g/mol. The number of hydrogen-bond donors (Lipinski definition) is 1. The van der Waals surface area contributed by atoms with E-state index in [0.717, 1.165) is 12.1 Å². The van der Waals surface area contributed by atoms with Crippen molar-refractivity contribution < 1.29 is 18.3 Å². The van der Waals surface area contributed by atoms with Crippen LogP contribution in [0.1, 0.15) is 22.8 Å². The van der Waals surface area contributed by atoms with Crippen LogP contribution in [0, 0.1) is 11.6 Å². The maximum Gasteiger partial charge on any atom is 0.163 e. The highest BCUT2D eigenvalue weighted by molar-refractivity contribution is 5.97. The van der Waals surface area contributed by atoms with Crippen molar-refractivity contribution in [2.24, 2.45) is 0 Å². The number of ketones is 1. The zero-order chi connectivity index (χ0) is 14.7. The molecule has 104 valence electrons. The maximum absolute atomic E-state index is 13.5. The van der Waals surface area contributed by atoms with Crippen molar-refractivity contribution in [3.05, 3.63) is 59.2 Å². The van der Waals surface area contributed by atoms with Crippen molar-refractivity contribution in [1.29, 1.82) is 0 Å². The van der Waals surface area contributed by atoms with Crippen molar-refractivity contribution in [2.45, 2.75) is 13.5 Å². The van der Waals surface area contributed by atoms with Crippen LogP contribution in [0.15, 0.2) is 36.4 Å². The number of Topliss-reactive ketones (excluding diaryl/α,β-unsaturated/α-hetero) is 1. The summed E-state index contributed by atoms with van der Waals surface area (Å²) < 4.78 is 32.3. The number of nitrogens with two attached hydrogens (primary N) is 1. The van der Waals surface area contributed by atoms with Crippen LogP contribution in [0.4, 0.5) is 14.5 Å². The summed E-state index contributed by atoms with van der Waals surface area (Å²) in [5, 5.41) is 0. The van der Waals surface area contributed by atoms with Crippen molar-refractivity contribution >= 4 is 11.5 Å². The number of carbonyl (C=O) groups excluding carboxylic acids is 1. The fourth-order valence-electron chi connectivity index (χ4n) is 1.77. The summed E-state index contributed by atoms with van der Waals surface area (Å²) in [5.41, 5.74) is 6.11. The van der Waals surface area contributed by atoms with Gasteiger partial charge in [0.25, 0.3) is 0 Å². The van der Waals surface area contributed by atoms with Crippen LogP contribution in [-0.4, -0.2) is 5.78 Å². The first-order valence-electron chi connectivity index (χ1n) is 5.95. The van der Waals surface area contributed by atoms with Crippen LogP contribution in [0.3, 0.4) is 0 Å². The van der Waals surface area contributed by atoms with Gasteiger partial charge in [-0.1, -0.05) is 6.07 Å². The van der Waals surface area contributed by atoms with E-state index in [2.05, 4.69) is 0 Å². The fourth-order valence-corrected chi connectivity index (χ4v) is 1.77. The molecule has 0 amide bonds. The van der Waals surface area contributed by atoms with Gasteiger partial charge in [0.1, 0.15) is 24.0 Å². The van der Waals surface area contributed by atoms with Gasteiger partial charge in [-0.25, -0.2) is 8.78 Å². The molecule has 2 aromatic rings. The van der Waals surface area contributed by atoms with E-state index in [9.17, 15) is 13.6 Å². The molecule has 2 N–H and O–H groups in total. The topological polar surface area (TPSA) is 52.3 Å². The summed E-state index contributed by atoms with van der Waals surface area (Å²) in [6.45, 7) is 1.06. The van der Waals surface area contributed by atoms with E-state index in [1.165, 1.54) is 25.1 Å². The first-order chi connectivity index (χ1) is 9.49. The van der Waals surface area contributed by atoms with E-state index >= 15 is 0 Å². The molecular formula is C15H13F2NO2. The molecule has 0 spiro atoms. The van der Waals surface area contributed by atoms with E-state index in [1.807, 2.05) is 0 Å². The number of ether oxygens (including phenoxy) is 1. The molecule has 0 radical (unpaired) electrons. The normalized spacial score (nSPS) is 10.3. The van der Waals surface area contributed by atoms with Gasteiger partial charge in [-0.2, -0.15) is 0 Å². The number of nitrogen functional groups attached to an aromatic ring is 1. The Hall–Kier alpha value is -2.43. The minimum absolute atomic E-state index is 0.182. The predicted octanol–water partition coefficient (Wildman–Crippen LogP) is 3.33. The molecule has 0 fully saturated rings. The second-order valence-electron chi connectivity index (χ2n) is 4.30. The smallest absolute Gasteiger partial charge is 0.163 e. The van der Waals surface area contributed by atoms with Gasteiger partial charge in [0, 0.05) is 5.69 Å². The summed E-state index contributed by atoms with van der Waals surface area (Å²) in [6.07, 6.45) is 0. The zero-order valence-corrected chi connectivity index (χ0v) is 10.8. The van der Waals surface area contributed by atoms with Crippen LogP contribution in [0.2, 0.25) is 0 Å². The van der Waals surface area contributed by atoms with Crippen molar-refractivity contribution in [1.82, 2.24) is 0 Å². The Morgan fingerprint density at radius 2 is 1.85 bits per heavy atom. The van der Waals surface area contributed by atoms with E-state index in [-0.39, 0.29) is 29.3 Å². The van der Waals surface area contributed by atoms with Crippen LogP contribution < -0.4 is 10.5 Å². The summed E-state index contributed by atoms with van der Waals surface area (Å²) in [4.78, 5) is 11.5. The average Bonchev–Trinajstić information content (AvgIpc) is 2.39. The molecule has 0 aromatic heterocycles. The Morgan fingerprint density at radius 1 is 1.20 bits per heavy atom. The van der Waals surface area contributed by atoms with E-state index in [4.69, 9.17) is 10.5 Å². The first-order valence-corrected chi connectivity index (χ1v) is 5.95. The Balaban J connectivity index is 2.25. The lowest BCUT2D eigenvalue weighted by atomic mass is 10.1. The maximum atomic E-state index is 13.5. The summed E-state index contributed by atoms with van der Waals surface area (Å²) in [7, 11) is 0. The summed E-state index contributed by atoms with van der Waals surface area (Å²) >= 11 is 0. The molecule has 0 saturated heterocycles. The van der Waals surface area contributed by atoms with Gasteiger partial charge in [0.2, 0.25) is 0 Å². The molecule has 0 aliphatic carbocycles. The molecule has 0 aliphatic rings. The second-order valence-corrected chi connectivity index (χ2v) is 4.30. The molecule has 20 heavy (non-hydrogen) atoms. The third kappa shape index (κ3) is 2.93. The van der Waals surface area contributed by atoms with Crippen molar-refractivity contribution in [3.63, 3.8) is 0 Å². The standard InChI is InChI=1S/C15H13F2NO2/c1-9(19)11-7-10(18)5-6-15(11)20-8-12-13(16)3-2-4-14(12)17/h2-7H,8,18H2,1H3. The zero-order valence-electron chi connectivity index (χ0n) is 10.8. The minimum Gasteiger partial charge on any atom is -0.488 e. The summed E-state index contributed by atoms with van der Waals surface area (Å²) in [6, 6.07) is 8.10. The molecule has 2 aromatic carbocycles. The molecule has 0 atom stereocenters. The Morgan fingerprint density at radius 3 is 2.45 bits per heavy atom. The van der Waals surface area contributed by atoms with Crippen LogP contribution in [0.5, 0.6) is 5.75 Å². The Kier molecular flexibility index (Phi) is 3.98.